The summed E-state index contributed by atoms with van der Waals surface area (Å²) in [4.78, 5) is 10.7. The van der Waals surface area contributed by atoms with E-state index in [-0.39, 0.29) is 0 Å². The lowest BCUT2D eigenvalue weighted by atomic mass is 10.1. The molecule has 0 radical (unpaired) electrons. The van der Waals surface area contributed by atoms with Crippen molar-refractivity contribution in [2.24, 2.45) is 0 Å². The predicted molar refractivity (Wildman–Crippen MR) is 80.8 cm³/mol. The number of aromatic nitrogens is 2. The van der Waals surface area contributed by atoms with Gasteiger partial charge >= 0.3 is 0 Å². The first kappa shape index (κ1) is 12.6. The molecule has 0 aliphatic heterocycles. The van der Waals surface area contributed by atoms with Crippen LogP contribution in [0.4, 0.5) is 5.82 Å². The molecule has 0 unspecified atom stereocenters. The van der Waals surface area contributed by atoms with Gasteiger partial charge in [-0.1, -0.05) is 12.5 Å². The van der Waals surface area contributed by atoms with Gasteiger partial charge in [-0.3, -0.25) is 0 Å². The Labute approximate surface area is 118 Å². The molecule has 0 amide bonds. The van der Waals surface area contributed by atoms with Crippen LogP contribution in [0, 0.1) is 0 Å². The van der Waals surface area contributed by atoms with Crippen LogP contribution in [0.25, 0.3) is 10.7 Å². The molecule has 0 bridgehead atoms. The van der Waals surface area contributed by atoms with Gasteiger partial charge in [0.15, 0.2) is 5.82 Å². The second-order valence-electron chi connectivity index (χ2n) is 4.89. The summed E-state index contributed by atoms with van der Waals surface area (Å²) in [5, 5.41) is 5.50. The Morgan fingerprint density at radius 3 is 2.89 bits per heavy atom. The molecule has 2 aromatic rings. The SMILES string of the molecule is CCNc1nc(-c2cccs2)nc2c1CCCCC2. The number of hydrogen-bond donors (Lipinski definition) is 1. The Balaban J connectivity index is 2.08. The molecule has 1 N–H and O–H groups in total. The van der Waals surface area contributed by atoms with E-state index in [0.717, 1.165) is 35.9 Å². The van der Waals surface area contributed by atoms with Gasteiger partial charge in [-0.25, -0.2) is 9.97 Å². The molecule has 0 spiro atoms. The second-order valence-corrected chi connectivity index (χ2v) is 5.84. The average Bonchev–Trinajstić information content (AvgIpc) is 2.85. The molecule has 2 heterocycles. The number of nitrogens with one attached hydrogen (secondary N) is 1. The van der Waals surface area contributed by atoms with Crippen molar-refractivity contribution in [2.75, 3.05) is 11.9 Å². The van der Waals surface area contributed by atoms with Gasteiger partial charge in [-0.05, 0) is 44.1 Å². The molecule has 1 aliphatic rings. The minimum atomic E-state index is 0.881. The van der Waals surface area contributed by atoms with E-state index in [1.165, 1.54) is 30.5 Å². The second kappa shape index (κ2) is 5.70. The van der Waals surface area contributed by atoms with Crippen molar-refractivity contribution in [2.45, 2.75) is 39.0 Å². The van der Waals surface area contributed by atoms with Crippen LogP contribution in [0.2, 0.25) is 0 Å². The van der Waals surface area contributed by atoms with Crippen LogP contribution in [0.3, 0.4) is 0 Å². The van der Waals surface area contributed by atoms with Crippen LogP contribution < -0.4 is 5.32 Å². The Hall–Kier alpha value is -1.42. The van der Waals surface area contributed by atoms with Crippen molar-refractivity contribution in [1.82, 2.24) is 9.97 Å². The normalized spacial score (nSPS) is 14.8. The van der Waals surface area contributed by atoms with Crippen LogP contribution >= 0.6 is 11.3 Å². The van der Waals surface area contributed by atoms with Gasteiger partial charge in [-0.15, -0.1) is 11.3 Å². The molecule has 19 heavy (non-hydrogen) atoms. The Morgan fingerprint density at radius 2 is 2.11 bits per heavy atom. The third-order valence-corrected chi connectivity index (χ3v) is 4.38. The molecule has 0 saturated heterocycles. The molecule has 100 valence electrons. The molecular weight excluding hydrogens is 254 g/mol. The summed E-state index contributed by atoms with van der Waals surface area (Å²) in [6.45, 7) is 3.03. The van der Waals surface area contributed by atoms with Crippen molar-refractivity contribution in [3.8, 4) is 10.7 Å². The fraction of sp³-hybridized carbons (Fsp3) is 0.467. The number of rotatable bonds is 3. The Morgan fingerprint density at radius 1 is 1.21 bits per heavy atom. The summed E-state index contributed by atoms with van der Waals surface area (Å²) in [6.07, 6.45) is 6.01. The molecule has 0 fully saturated rings. The van der Waals surface area contributed by atoms with E-state index >= 15 is 0 Å². The maximum Gasteiger partial charge on any atom is 0.171 e. The zero-order valence-corrected chi connectivity index (χ0v) is 12.1. The maximum absolute atomic E-state index is 4.82. The van der Waals surface area contributed by atoms with Crippen LogP contribution in [-0.2, 0) is 12.8 Å². The predicted octanol–water partition coefficient (Wildman–Crippen LogP) is 3.91. The average molecular weight is 273 g/mol. The van der Waals surface area contributed by atoms with E-state index < -0.39 is 0 Å². The Bertz CT molecular complexity index is 549. The highest BCUT2D eigenvalue weighted by Crippen LogP contribution is 2.29. The topological polar surface area (TPSA) is 37.8 Å². The van der Waals surface area contributed by atoms with E-state index in [1.54, 1.807) is 11.3 Å². The van der Waals surface area contributed by atoms with Crippen LogP contribution in [-0.4, -0.2) is 16.5 Å². The standard InChI is InChI=1S/C15H19N3S/c1-2-16-14-11-7-4-3-5-8-12(11)17-15(18-14)13-9-6-10-19-13/h6,9-10H,2-5,7-8H2,1H3,(H,16,17,18). The summed E-state index contributed by atoms with van der Waals surface area (Å²) in [6, 6.07) is 4.15. The number of aryl methyl sites for hydroxylation is 1. The fourth-order valence-corrected chi connectivity index (χ4v) is 3.26. The van der Waals surface area contributed by atoms with Crippen molar-refractivity contribution < 1.29 is 0 Å². The molecule has 2 aromatic heterocycles. The van der Waals surface area contributed by atoms with Gasteiger partial charge < -0.3 is 5.32 Å². The van der Waals surface area contributed by atoms with Gasteiger partial charge in [0.05, 0.1) is 4.88 Å². The largest absolute Gasteiger partial charge is 0.370 e. The number of fused-ring (bicyclic) bond motifs is 1. The third kappa shape index (κ3) is 2.63. The quantitative estimate of drug-likeness (QED) is 0.862. The molecule has 3 nitrogen and oxygen atoms in total. The van der Waals surface area contributed by atoms with Crippen LogP contribution in [0.1, 0.15) is 37.4 Å². The van der Waals surface area contributed by atoms with Crippen LogP contribution in [0.5, 0.6) is 0 Å². The zero-order valence-electron chi connectivity index (χ0n) is 11.3. The third-order valence-electron chi connectivity index (χ3n) is 3.52. The van der Waals surface area contributed by atoms with Crippen LogP contribution in [0.15, 0.2) is 17.5 Å². The van der Waals surface area contributed by atoms with Gasteiger partial charge in [-0.2, -0.15) is 0 Å². The summed E-state index contributed by atoms with van der Waals surface area (Å²) in [5.41, 5.74) is 2.60. The summed E-state index contributed by atoms with van der Waals surface area (Å²) < 4.78 is 0. The number of anilines is 1. The zero-order chi connectivity index (χ0) is 13.1. The lowest BCUT2D eigenvalue weighted by Gasteiger charge is -2.13. The molecule has 0 aromatic carbocycles. The molecule has 4 heteroatoms. The van der Waals surface area contributed by atoms with E-state index in [0.29, 0.717) is 0 Å². The molecule has 1 aliphatic carbocycles. The van der Waals surface area contributed by atoms with E-state index in [9.17, 15) is 0 Å². The Kier molecular flexibility index (Phi) is 3.78. The van der Waals surface area contributed by atoms with Gasteiger partial charge in [0.25, 0.3) is 0 Å². The highest BCUT2D eigenvalue weighted by molar-refractivity contribution is 7.13. The first-order valence-electron chi connectivity index (χ1n) is 7.06. The maximum atomic E-state index is 4.82. The molecule has 0 saturated carbocycles. The summed E-state index contributed by atoms with van der Waals surface area (Å²) >= 11 is 1.71. The van der Waals surface area contributed by atoms with E-state index in [1.807, 2.05) is 0 Å². The van der Waals surface area contributed by atoms with Gasteiger partial charge in [0, 0.05) is 17.8 Å². The van der Waals surface area contributed by atoms with Crippen molar-refractivity contribution >= 4 is 17.2 Å². The van der Waals surface area contributed by atoms with E-state index in [2.05, 4.69) is 29.8 Å². The summed E-state index contributed by atoms with van der Waals surface area (Å²) in [5.74, 6) is 1.93. The smallest absolute Gasteiger partial charge is 0.171 e. The van der Waals surface area contributed by atoms with Gasteiger partial charge in [0.2, 0.25) is 0 Å². The molecular formula is C15H19N3S. The number of nitrogens with zero attached hydrogens (tertiary/aromatic N) is 2. The first-order chi connectivity index (χ1) is 9.38. The van der Waals surface area contributed by atoms with Crippen molar-refractivity contribution in [3.63, 3.8) is 0 Å². The molecule has 3 rings (SSSR count). The monoisotopic (exact) mass is 273 g/mol. The van der Waals surface area contributed by atoms with Crippen molar-refractivity contribution in [3.05, 3.63) is 28.8 Å². The lowest BCUT2D eigenvalue weighted by Crippen LogP contribution is -2.09. The lowest BCUT2D eigenvalue weighted by molar-refractivity contribution is 0.709. The number of thiophene rings is 1. The first-order valence-corrected chi connectivity index (χ1v) is 7.94. The molecule has 0 atom stereocenters. The van der Waals surface area contributed by atoms with Crippen molar-refractivity contribution in [1.29, 1.82) is 0 Å². The minimum Gasteiger partial charge on any atom is -0.370 e. The highest BCUT2D eigenvalue weighted by atomic mass is 32.1. The summed E-state index contributed by atoms with van der Waals surface area (Å²) in [7, 11) is 0. The fourth-order valence-electron chi connectivity index (χ4n) is 2.60. The highest BCUT2D eigenvalue weighted by Gasteiger charge is 2.17. The minimum absolute atomic E-state index is 0.881. The van der Waals surface area contributed by atoms with E-state index in [4.69, 9.17) is 9.97 Å². The number of hydrogen-bond acceptors (Lipinski definition) is 4. The van der Waals surface area contributed by atoms with Gasteiger partial charge in [0.1, 0.15) is 5.82 Å².